The molecule has 0 aliphatic rings. The van der Waals surface area contributed by atoms with Gasteiger partial charge < -0.3 is 10.6 Å². The maximum Gasteiger partial charge on any atom is 0.261 e. The van der Waals surface area contributed by atoms with E-state index in [2.05, 4.69) is 20.8 Å². The number of H-pyrrole nitrogens is 1. The summed E-state index contributed by atoms with van der Waals surface area (Å²) in [6.45, 7) is 5.70. The minimum atomic E-state index is -0.640. The van der Waals surface area contributed by atoms with Crippen LogP contribution < -0.4 is 10.6 Å². The lowest BCUT2D eigenvalue weighted by Gasteiger charge is -2.12. The van der Waals surface area contributed by atoms with E-state index in [-0.39, 0.29) is 11.8 Å². The van der Waals surface area contributed by atoms with Gasteiger partial charge in [0.1, 0.15) is 6.04 Å². The summed E-state index contributed by atoms with van der Waals surface area (Å²) in [5, 5.41) is 14.0. The molecule has 3 N–H and O–H groups in total. The van der Waals surface area contributed by atoms with Crippen LogP contribution in [0.3, 0.4) is 0 Å². The third-order valence-corrected chi connectivity index (χ3v) is 3.83. The minimum absolute atomic E-state index is 0.252. The molecule has 21 heavy (non-hydrogen) atoms. The number of nitrogens with one attached hydrogen (secondary N) is 3. The molecule has 2 amide bonds. The number of hydrogen-bond donors (Lipinski definition) is 3. The third kappa shape index (κ3) is 3.91. The molecule has 0 spiro atoms. The van der Waals surface area contributed by atoms with E-state index in [1.807, 2.05) is 19.2 Å². The van der Waals surface area contributed by atoms with Crippen molar-refractivity contribution < 1.29 is 9.59 Å². The van der Waals surface area contributed by atoms with Gasteiger partial charge >= 0.3 is 0 Å². The van der Waals surface area contributed by atoms with Crippen molar-refractivity contribution in [1.29, 1.82) is 0 Å². The number of thiophene rings is 1. The summed E-state index contributed by atoms with van der Waals surface area (Å²) in [5.74, 6) is 0.208. The predicted octanol–water partition coefficient (Wildman–Crippen LogP) is 2.35. The summed E-state index contributed by atoms with van der Waals surface area (Å²) in [6, 6.07) is 4.66. The van der Waals surface area contributed by atoms with E-state index in [9.17, 15) is 9.59 Å². The monoisotopic (exact) mass is 306 g/mol. The second-order valence-corrected chi connectivity index (χ2v) is 5.97. The van der Waals surface area contributed by atoms with Crippen LogP contribution in [-0.2, 0) is 4.79 Å². The van der Waals surface area contributed by atoms with Crippen LogP contribution in [-0.4, -0.2) is 28.1 Å². The van der Waals surface area contributed by atoms with E-state index in [1.165, 1.54) is 11.3 Å². The number of amides is 2. The lowest BCUT2D eigenvalue weighted by atomic mass is 10.1. The van der Waals surface area contributed by atoms with Crippen LogP contribution in [0.5, 0.6) is 0 Å². The molecule has 7 heteroatoms. The van der Waals surface area contributed by atoms with E-state index in [0.29, 0.717) is 16.6 Å². The Bertz CT molecular complexity index is 619. The first kappa shape index (κ1) is 15.2. The Balaban J connectivity index is 1.91. The number of anilines is 1. The largest absolute Gasteiger partial charge is 0.340 e. The second-order valence-electron chi connectivity index (χ2n) is 5.02. The van der Waals surface area contributed by atoms with Crippen LogP contribution in [0.2, 0.25) is 0 Å². The van der Waals surface area contributed by atoms with E-state index in [0.717, 1.165) is 5.69 Å². The summed E-state index contributed by atoms with van der Waals surface area (Å²) in [6.07, 6.45) is 0. The molecule has 1 unspecified atom stereocenters. The van der Waals surface area contributed by atoms with Crippen LogP contribution in [0.15, 0.2) is 23.6 Å². The molecule has 2 aromatic rings. The molecular weight excluding hydrogens is 288 g/mol. The zero-order valence-corrected chi connectivity index (χ0v) is 13.0. The van der Waals surface area contributed by atoms with Crippen LogP contribution >= 0.6 is 11.3 Å². The van der Waals surface area contributed by atoms with E-state index in [1.54, 1.807) is 25.1 Å². The molecule has 2 heterocycles. The van der Waals surface area contributed by atoms with E-state index >= 15 is 0 Å². The summed E-state index contributed by atoms with van der Waals surface area (Å²) in [4.78, 5) is 24.5. The van der Waals surface area contributed by atoms with E-state index < -0.39 is 6.04 Å². The van der Waals surface area contributed by atoms with Crippen LogP contribution in [0.1, 0.15) is 42.1 Å². The standard InChI is InChI=1S/C14H18N4O2S/c1-8(2)10-7-12(18-17-10)16-13(19)9(3)15-14(20)11-5-4-6-21-11/h4-9H,1-3H3,(H,15,20)(H2,16,17,18,19). The molecule has 1 atom stereocenters. The van der Waals surface area contributed by atoms with Gasteiger partial charge in [-0.3, -0.25) is 14.7 Å². The van der Waals surface area contributed by atoms with Gasteiger partial charge in [0.05, 0.1) is 4.88 Å². The first-order valence-corrected chi connectivity index (χ1v) is 7.56. The van der Waals surface area contributed by atoms with Crippen molar-refractivity contribution in [2.24, 2.45) is 0 Å². The molecular formula is C14H18N4O2S. The number of hydrogen-bond acceptors (Lipinski definition) is 4. The number of nitrogens with zero attached hydrogens (tertiary/aromatic N) is 1. The SMILES string of the molecule is CC(NC(=O)c1cccs1)C(=O)Nc1cc(C(C)C)[nH]n1. The Kier molecular flexibility index (Phi) is 4.74. The Labute approximate surface area is 127 Å². The maximum absolute atomic E-state index is 12.0. The molecule has 0 bridgehead atoms. The quantitative estimate of drug-likeness (QED) is 0.792. The lowest BCUT2D eigenvalue weighted by Crippen LogP contribution is -2.41. The number of aromatic nitrogens is 2. The smallest absolute Gasteiger partial charge is 0.261 e. The topological polar surface area (TPSA) is 86.9 Å². The number of carbonyl (C=O) groups is 2. The first-order chi connectivity index (χ1) is 9.97. The van der Waals surface area contributed by atoms with Gasteiger partial charge in [-0.15, -0.1) is 11.3 Å². The Morgan fingerprint density at radius 3 is 2.67 bits per heavy atom. The zero-order chi connectivity index (χ0) is 15.4. The summed E-state index contributed by atoms with van der Waals surface area (Å²) in [7, 11) is 0. The Morgan fingerprint density at radius 2 is 2.10 bits per heavy atom. The molecule has 6 nitrogen and oxygen atoms in total. The summed E-state index contributed by atoms with van der Waals surface area (Å²) >= 11 is 1.33. The second kappa shape index (κ2) is 6.53. The highest BCUT2D eigenvalue weighted by Gasteiger charge is 2.18. The molecule has 0 saturated carbocycles. The molecule has 2 aromatic heterocycles. The van der Waals surface area contributed by atoms with Gasteiger partial charge in [-0.2, -0.15) is 5.10 Å². The molecule has 0 saturated heterocycles. The zero-order valence-electron chi connectivity index (χ0n) is 12.1. The molecule has 0 aliphatic heterocycles. The molecule has 0 radical (unpaired) electrons. The van der Waals surface area contributed by atoms with Gasteiger partial charge in [0, 0.05) is 11.8 Å². The van der Waals surface area contributed by atoms with Gasteiger partial charge in [0.2, 0.25) is 5.91 Å². The van der Waals surface area contributed by atoms with Gasteiger partial charge in [0.15, 0.2) is 5.82 Å². The van der Waals surface area contributed by atoms with Gasteiger partial charge in [-0.05, 0) is 24.3 Å². The number of rotatable bonds is 5. The highest BCUT2D eigenvalue weighted by molar-refractivity contribution is 7.12. The van der Waals surface area contributed by atoms with Crippen molar-refractivity contribution in [3.63, 3.8) is 0 Å². The third-order valence-electron chi connectivity index (χ3n) is 2.96. The Hall–Kier alpha value is -2.15. The first-order valence-electron chi connectivity index (χ1n) is 6.68. The van der Waals surface area contributed by atoms with E-state index in [4.69, 9.17) is 0 Å². The molecule has 2 rings (SSSR count). The fraction of sp³-hybridized carbons (Fsp3) is 0.357. The van der Waals surface area contributed by atoms with Crippen LogP contribution in [0.25, 0.3) is 0 Å². The number of carbonyl (C=O) groups excluding carboxylic acids is 2. The average Bonchev–Trinajstić information content (AvgIpc) is 3.09. The van der Waals surface area contributed by atoms with Gasteiger partial charge in [0.25, 0.3) is 5.91 Å². The predicted molar refractivity (Wildman–Crippen MR) is 82.6 cm³/mol. The normalized spacial score (nSPS) is 12.2. The van der Waals surface area contributed by atoms with Crippen molar-refractivity contribution in [2.75, 3.05) is 5.32 Å². The van der Waals surface area contributed by atoms with Crippen molar-refractivity contribution in [1.82, 2.24) is 15.5 Å². The van der Waals surface area contributed by atoms with Crippen molar-refractivity contribution in [3.05, 3.63) is 34.2 Å². The van der Waals surface area contributed by atoms with Crippen LogP contribution in [0, 0.1) is 0 Å². The molecule has 112 valence electrons. The highest BCUT2D eigenvalue weighted by Crippen LogP contribution is 2.15. The van der Waals surface area contributed by atoms with Crippen molar-refractivity contribution >= 4 is 29.0 Å². The fourth-order valence-corrected chi connectivity index (χ4v) is 2.30. The Morgan fingerprint density at radius 1 is 1.33 bits per heavy atom. The fourth-order valence-electron chi connectivity index (χ4n) is 1.67. The average molecular weight is 306 g/mol. The molecule has 0 aliphatic carbocycles. The molecule has 0 fully saturated rings. The van der Waals surface area contributed by atoms with Crippen LogP contribution in [0.4, 0.5) is 5.82 Å². The van der Waals surface area contributed by atoms with Gasteiger partial charge in [-0.25, -0.2) is 0 Å². The number of aromatic amines is 1. The molecule has 0 aromatic carbocycles. The summed E-state index contributed by atoms with van der Waals surface area (Å²) < 4.78 is 0. The van der Waals surface area contributed by atoms with Crippen molar-refractivity contribution in [3.8, 4) is 0 Å². The highest BCUT2D eigenvalue weighted by atomic mass is 32.1. The maximum atomic E-state index is 12.0. The van der Waals surface area contributed by atoms with Crippen molar-refractivity contribution in [2.45, 2.75) is 32.7 Å². The minimum Gasteiger partial charge on any atom is -0.340 e. The lowest BCUT2D eigenvalue weighted by molar-refractivity contribution is -0.117. The summed E-state index contributed by atoms with van der Waals surface area (Å²) in [5.41, 5.74) is 0.945. The van der Waals surface area contributed by atoms with Gasteiger partial charge in [-0.1, -0.05) is 19.9 Å².